The minimum atomic E-state index is -3.82. The maximum Gasteiger partial charge on any atom is 0.261 e. The average molecular weight is 529 g/mol. The van der Waals surface area contributed by atoms with E-state index in [2.05, 4.69) is 9.71 Å². The third-order valence-electron chi connectivity index (χ3n) is 5.22. The summed E-state index contributed by atoms with van der Waals surface area (Å²) < 4.78 is 39.3. The number of aliphatic imine (C=N–C) groups is 1. The summed E-state index contributed by atoms with van der Waals surface area (Å²) in [6.07, 6.45) is 2.65. The van der Waals surface area contributed by atoms with Crippen molar-refractivity contribution in [2.75, 3.05) is 9.62 Å². The quantitative estimate of drug-likeness (QED) is 0.303. The van der Waals surface area contributed by atoms with Gasteiger partial charge in [-0.25, -0.2) is 13.4 Å². The SMILES string of the molecule is NC1c2ccoc2N=CN1c1ccc(NS(=O)(=O)c2ccc(Oc3cc(Cl)cc(Cl)c3)cc2)cc1. The molecule has 0 saturated heterocycles. The molecule has 35 heavy (non-hydrogen) atoms. The standard InChI is InChI=1S/C24H18Cl2N4O4S/c25-15-11-16(26)13-20(12-15)34-19-5-7-21(8-6-19)35(31,32)29-17-1-3-18(4-2-17)30-14-28-24-22(23(30)27)9-10-33-24/h1-14,23,29H,27H2. The predicted molar refractivity (Wildman–Crippen MR) is 136 cm³/mol. The van der Waals surface area contributed by atoms with Gasteiger partial charge in [-0.3, -0.25) is 4.72 Å². The lowest BCUT2D eigenvalue weighted by Crippen LogP contribution is -2.35. The summed E-state index contributed by atoms with van der Waals surface area (Å²) in [7, 11) is -3.82. The number of rotatable bonds is 6. The summed E-state index contributed by atoms with van der Waals surface area (Å²) in [5.74, 6) is 1.36. The number of hydrogen-bond donors (Lipinski definition) is 2. The van der Waals surface area contributed by atoms with E-state index in [1.807, 2.05) is 0 Å². The number of nitrogens with one attached hydrogen (secondary N) is 1. The molecule has 4 aromatic rings. The Balaban J connectivity index is 1.27. The first kappa shape index (κ1) is 23.3. The van der Waals surface area contributed by atoms with Gasteiger partial charge >= 0.3 is 0 Å². The molecule has 8 nitrogen and oxygen atoms in total. The number of ether oxygens (including phenoxy) is 1. The van der Waals surface area contributed by atoms with E-state index >= 15 is 0 Å². The molecule has 0 fully saturated rings. The number of nitrogens with two attached hydrogens (primary N) is 1. The van der Waals surface area contributed by atoms with Crippen LogP contribution in [0.4, 0.5) is 17.3 Å². The first-order valence-electron chi connectivity index (χ1n) is 10.3. The third-order valence-corrected chi connectivity index (χ3v) is 7.05. The zero-order valence-electron chi connectivity index (χ0n) is 17.9. The van der Waals surface area contributed by atoms with Crippen molar-refractivity contribution in [2.45, 2.75) is 11.1 Å². The molecular weight excluding hydrogens is 511 g/mol. The molecule has 0 saturated carbocycles. The van der Waals surface area contributed by atoms with Gasteiger partial charge in [-0.15, -0.1) is 0 Å². The molecule has 3 aromatic carbocycles. The van der Waals surface area contributed by atoms with Crippen molar-refractivity contribution < 1.29 is 17.6 Å². The van der Waals surface area contributed by atoms with Crippen LogP contribution in [0.15, 0.2) is 93.4 Å². The normalized spacial score (nSPS) is 15.1. The maximum atomic E-state index is 12.9. The van der Waals surface area contributed by atoms with Gasteiger partial charge in [-0.2, -0.15) is 0 Å². The van der Waals surface area contributed by atoms with E-state index in [1.54, 1.807) is 71.9 Å². The highest BCUT2D eigenvalue weighted by molar-refractivity contribution is 7.92. The molecule has 1 aromatic heterocycles. The van der Waals surface area contributed by atoms with E-state index in [0.717, 1.165) is 11.3 Å². The molecule has 178 valence electrons. The van der Waals surface area contributed by atoms with Crippen molar-refractivity contribution in [1.29, 1.82) is 0 Å². The predicted octanol–water partition coefficient (Wildman–Crippen LogP) is 6.32. The molecule has 1 aliphatic heterocycles. The van der Waals surface area contributed by atoms with E-state index in [-0.39, 0.29) is 4.90 Å². The average Bonchev–Trinajstić information content (AvgIpc) is 3.29. The summed E-state index contributed by atoms with van der Waals surface area (Å²) >= 11 is 12.0. The Morgan fingerprint density at radius 1 is 0.943 bits per heavy atom. The maximum absolute atomic E-state index is 12.9. The highest BCUT2D eigenvalue weighted by Crippen LogP contribution is 2.34. The number of benzene rings is 3. The molecule has 2 heterocycles. The Hall–Kier alpha value is -3.50. The van der Waals surface area contributed by atoms with Gasteiger partial charge in [0.1, 0.15) is 24.0 Å². The molecule has 1 unspecified atom stereocenters. The minimum absolute atomic E-state index is 0.0794. The van der Waals surface area contributed by atoms with E-state index in [4.69, 9.17) is 38.1 Å². The van der Waals surface area contributed by atoms with Crippen LogP contribution in [-0.4, -0.2) is 14.8 Å². The fourth-order valence-electron chi connectivity index (χ4n) is 3.53. The molecule has 1 aliphatic rings. The van der Waals surface area contributed by atoms with Crippen LogP contribution >= 0.6 is 23.2 Å². The van der Waals surface area contributed by atoms with Crippen molar-refractivity contribution in [3.8, 4) is 11.5 Å². The highest BCUT2D eigenvalue weighted by Gasteiger charge is 2.24. The third kappa shape index (κ3) is 4.98. The Morgan fingerprint density at radius 3 is 2.31 bits per heavy atom. The first-order chi connectivity index (χ1) is 16.8. The topological polar surface area (TPSA) is 110 Å². The number of furan rings is 1. The van der Waals surface area contributed by atoms with Crippen LogP contribution in [0.2, 0.25) is 10.0 Å². The smallest absolute Gasteiger partial charge is 0.261 e. The fourth-order valence-corrected chi connectivity index (χ4v) is 5.10. The first-order valence-corrected chi connectivity index (χ1v) is 12.5. The molecule has 0 spiro atoms. The zero-order valence-corrected chi connectivity index (χ0v) is 20.3. The molecule has 5 rings (SSSR count). The highest BCUT2D eigenvalue weighted by atomic mass is 35.5. The van der Waals surface area contributed by atoms with Gasteiger partial charge in [0.05, 0.1) is 16.7 Å². The second-order valence-corrected chi connectivity index (χ2v) is 10.2. The lowest BCUT2D eigenvalue weighted by atomic mass is 10.2. The van der Waals surface area contributed by atoms with Crippen molar-refractivity contribution in [2.24, 2.45) is 10.7 Å². The molecule has 11 heteroatoms. The largest absolute Gasteiger partial charge is 0.457 e. The van der Waals surface area contributed by atoms with Crippen LogP contribution in [0.1, 0.15) is 11.7 Å². The van der Waals surface area contributed by atoms with Crippen molar-refractivity contribution in [3.05, 3.63) is 94.7 Å². The van der Waals surface area contributed by atoms with Gasteiger partial charge in [0.2, 0.25) is 5.88 Å². The van der Waals surface area contributed by atoms with Crippen molar-refractivity contribution >= 4 is 56.8 Å². The number of fused-ring (bicyclic) bond motifs is 1. The second-order valence-electron chi connectivity index (χ2n) is 7.61. The minimum Gasteiger partial charge on any atom is -0.457 e. The van der Waals surface area contributed by atoms with Gasteiger partial charge in [-0.1, -0.05) is 23.2 Å². The number of hydrogen-bond acceptors (Lipinski definition) is 7. The van der Waals surface area contributed by atoms with E-state index in [1.165, 1.54) is 18.4 Å². The molecule has 0 amide bonds. The van der Waals surface area contributed by atoms with E-state index in [0.29, 0.717) is 33.1 Å². The summed E-state index contributed by atoms with van der Waals surface area (Å²) in [5, 5.41) is 0.866. The second kappa shape index (κ2) is 9.27. The monoisotopic (exact) mass is 528 g/mol. The zero-order chi connectivity index (χ0) is 24.6. The number of sulfonamides is 1. The van der Waals surface area contributed by atoms with Crippen molar-refractivity contribution in [1.82, 2.24) is 0 Å². The lowest BCUT2D eigenvalue weighted by molar-refractivity contribution is 0.482. The lowest BCUT2D eigenvalue weighted by Gasteiger charge is -2.29. The van der Waals surface area contributed by atoms with E-state index < -0.39 is 16.2 Å². The van der Waals surface area contributed by atoms with Crippen molar-refractivity contribution in [3.63, 3.8) is 0 Å². The van der Waals surface area contributed by atoms with Crippen LogP contribution in [0, 0.1) is 0 Å². The van der Waals surface area contributed by atoms with Gasteiger partial charge in [-0.05, 0) is 72.8 Å². The Morgan fingerprint density at radius 2 is 1.63 bits per heavy atom. The molecule has 1 atom stereocenters. The number of nitrogens with zero attached hydrogens (tertiary/aromatic N) is 2. The molecule has 0 radical (unpaired) electrons. The van der Waals surface area contributed by atoms with Crippen LogP contribution in [0.25, 0.3) is 0 Å². The Kier molecular flexibility index (Phi) is 6.16. The molecule has 0 bridgehead atoms. The summed E-state index contributed by atoms with van der Waals surface area (Å²) in [5.41, 5.74) is 8.21. The number of halogens is 2. The summed E-state index contributed by atoms with van der Waals surface area (Å²) in [6.45, 7) is 0. The molecule has 0 aliphatic carbocycles. The van der Waals surface area contributed by atoms with Crippen LogP contribution in [0.5, 0.6) is 11.5 Å². The van der Waals surface area contributed by atoms with Crippen LogP contribution < -0.4 is 20.1 Å². The number of anilines is 2. The molecule has 3 N–H and O–H groups in total. The molecular formula is C24H18Cl2N4O4S. The Bertz CT molecular complexity index is 1480. The summed E-state index contributed by atoms with van der Waals surface area (Å²) in [6, 6.07) is 19.4. The van der Waals surface area contributed by atoms with Gasteiger partial charge in [0, 0.05) is 21.4 Å². The fraction of sp³-hybridized carbons (Fsp3) is 0.0417. The van der Waals surface area contributed by atoms with E-state index in [9.17, 15) is 8.42 Å². The van der Waals surface area contributed by atoms with Gasteiger partial charge in [0.15, 0.2) is 0 Å². The Labute approximate surface area is 211 Å². The summed E-state index contributed by atoms with van der Waals surface area (Å²) in [4.78, 5) is 6.09. The van der Waals surface area contributed by atoms with Gasteiger partial charge in [0.25, 0.3) is 10.0 Å². The van der Waals surface area contributed by atoms with Crippen LogP contribution in [0.3, 0.4) is 0 Å². The van der Waals surface area contributed by atoms with Crippen LogP contribution in [-0.2, 0) is 10.0 Å². The van der Waals surface area contributed by atoms with Gasteiger partial charge < -0.3 is 19.8 Å².